The summed E-state index contributed by atoms with van der Waals surface area (Å²) in [5.74, 6) is 0.781. The van der Waals surface area contributed by atoms with Crippen molar-refractivity contribution in [2.45, 2.75) is 71.8 Å². The van der Waals surface area contributed by atoms with Crippen LogP contribution in [0.25, 0.3) is 0 Å². The van der Waals surface area contributed by atoms with E-state index < -0.39 is 0 Å². The number of hydrogen-bond donors (Lipinski definition) is 0. The van der Waals surface area contributed by atoms with E-state index in [0.717, 1.165) is 38.2 Å². The lowest BCUT2D eigenvalue weighted by molar-refractivity contribution is 0.0461. The van der Waals surface area contributed by atoms with Crippen LogP contribution < -0.4 is 0 Å². The van der Waals surface area contributed by atoms with Gasteiger partial charge in [0.1, 0.15) is 0 Å². The van der Waals surface area contributed by atoms with Gasteiger partial charge in [0.2, 0.25) is 0 Å². The summed E-state index contributed by atoms with van der Waals surface area (Å²) in [5, 5.41) is 9.59. The van der Waals surface area contributed by atoms with E-state index >= 15 is 0 Å². The van der Waals surface area contributed by atoms with Crippen LogP contribution in [0.2, 0.25) is 0 Å². The van der Waals surface area contributed by atoms with Gasteiger partial charge in [-0.15, -0.1) is 0 Å². The molecule has 102 valence electrons. The number of nitrogens with zero attached hydrogens (tertiary/aromatic N) is 1. The Kier molecular flexibility index (Phi) is 4.02. The second-order valence-electron chi connectivity index (χ2n) is 7.37. The van der Waals surface area contributed by atoms with E-state index in [2.05, 4.69) is 26.8 Å². The summed E-state index contributed by atoms with van der Waals surface area (Å²) in [6.45, 7) is 7.89. The van der Waals surface area contributed by atoms with Crippen LogP contribution in [0.5, 0.6) is 0 Å². The molecule has 1 aliphatic carbocycles. The first-order valence-corrected chi connectivity index (χ1v) is 7.48. The summed E-state index contributed by atoms with van der Waals surface area (Å²) >= 11 is 0. The van der Waals surface area contributed by atoms with Crippen molar-refractivity contribution in [2.24, 2.45) is 16.7 Å². The van der Waals surface area contributed by atoms with Gasteiger partial charge in [-0.1, -0.05) is 20.8 Å². The molecule has 2 heteroatoms. The SMILES string of the molecule is CC(C)(C)C1CCC(C#N)(CC2CCCO2)CC1. The Morgan fingerprint density at radius 1 is 1.22 bits per heavy atom. The molecule has 2 nitrogen and oxygen atoms in total. The summed E-state index contributed by atoms with van der Waals surface area (Å²) in [5.41, 5.74) is 0.308. The van der Waals surface area contributed by atoms with Crippen molar-refractivity contribution in [3.8, 4) is 6.07 Å². The second kappa shape index (κ2) is 5.21. The molecular formula is C16H27NO. The topological polar surface area (TPSA) is 33.0 Å². The number of nitriles is 1. The zero-order valence-electron chi connectivity index (χ0n) is 12.2. The van der Waals surface area contributed by atoms with Gasteiger partial charge < -0.3 is 4.74 Å². The van der Waals surface area contributed by atoms with Crippen LogP contribution >= 0.6 is 0 Å². The highest BCUT2D eigenvalue weighted by Gasteiger charge is 2.40. The zero-order chi connectivity index (χ0) is 13.2. The monoisotopic (exact) mass is 249 g/mol. The lowest BCUT2D eigenvalue weighted by Crippen LogP contribution is -2.34. The van der Waals surface area contributed by atoms with Gasteiger partial charge in [-0.05, 0) is 56.3 Å². The Hall–Kier alpha value is -0.550. The standard InChI is InChI=1S/C16H27NO/c1-15(2,3)13-6-8-16(12-17,9-7-13)11-14-5-4-10-18-14/h13-14H,4-11H2,1-3H3. The molecule has 2 aliphatic rings. The molecule has 0 aromatic heterocycles. The molecule has 0 radical (unpaired) electrons. The molecule has 0 amide bonds. The summed E-state index contributed by atoms with van der Waals surface area (Å²) in [6.07, 6.45) is 8.24. The van der Waals surface area contributed by atoms with E-state index in [-0.39, 0.29) is 5.41 Å². The van der Waals surface area contributed by atoms with Crippen LogP contribution in [-0.2, 0) is 4.74 Å². The van der Waals surface area contributed by atoms with E-state index in [1.165, 1.54) is 19.3 Å². The molecule has 0 spiro atoms. The lowest BCUT2D eigenvalue weighted by Gasteiger charge is -2.41. The number of hydrogen-bond acceptors (Lipinski definition) is 2. The molecule has 1 saturated carbocycles. The molecule has 1 saturated heterocycles. The van der Waals surface area contributed by atoms with Crippen molar-refractivity contribution in [3.05, 3.63) is 0 Å². The average Bonchev–Trinajstić information content (AvgIpc) is 2.81. The summed E-state index contributed by atoms with van der Waals surface area (Å²) < 4.78 is 5.73. The smallest absolute Gasteiger partial charge is 0.0690 e. The highest BCUT2D eigenvalue weighted by Crippen LogP contribution is 2.48. The number of rotatable bonds is 2. The van der Waals surface area contributed by atoms with Crippen LogP contribution in [-0.4, -0.2) is 12.7 Å². The maximum atomic E-state index is 9.59. The third kappa shape index (κ3) is 3.06. The van der Waals surface area contributed by atoms with Crippen molar-refractivity contribution in [2.75, 3.05) is 6.61 Å². The third-order valence-corrected chi connectivity index (χ3v) is 5.05. The van der Waals surface area contributed by atoms with E-state index in [9.17, 15) is 5.26 Å². The molecule has 1 unspecified atom stereocenters. The predicted octanol–water partition coefficient (Wildman–Crippen LogP) is 4.30. The maximum absolute atomic E-state index is 9.59. The Balaban J connectivity index is 1.93. The van der Waals surface area contributed by atoms with Gasteiger partial charge in [0.25, 0.3) is 0 Å². The van der Waals surface area contributed by atoms with Crippen molar-refractivity contribution < 1.29 is 4.74 Å². The molecule has 2 fully saturated rings. The molecule has 0 N–H and O–H groups in total. The fraction of sp³-hybridized carbons (Fsp3) is 0.938. The Labute approximate surface area is 112 Å². The highest BCUT2D eigenvalue weighted by atomic mass is 16.5. The van der Waals surface area contributed by atoms with Gasteiger partial charge in [0.15, 0.2) is 0 Å². The minimum atomic E-state index is -0.0866. The quantitative estimate of drug-likeness (QED) is 0.731. The van der Waals surface area contributed by atoms with Gasteiger partial charge >= 0.3 is 0 Å². The third-order valence-electron chi connectivity index (χ3n) is 5.05. The fourth-order valence-corrected chi connectivity index (χ4v) is 3.64. The van der Waals surface area contributed by atoms with Crippen LogP contribution in [0.4, 0.5) is 0 Å². The van der Waals surface area contributed by atoms with Crippen LogP contribution in [0, 0.1) is 28.1 Å². The van der Waals surface area contributed by atoms with Gasteiger partial charge in [-0.3, -0.25) is 0 Å². The van der Waals surface area contributed by atoms with E-state index in [4.69, 9.17) is 4.74 Å². The van der Waals surface area contributed by atoms with Crippen LogP contribution in [0.15, 0.2) is 0 Å². The van der Waals surface area contributed by atoms with E-state index in [0.29, 0.717) is 11.5 Å². The minimum Gasteiger partial charge on any atom is -0.378 e. The van der Waals surface area contributed by atoms with Gasteiger partial charge in [0, 0.05) is 6.61 Å². The molecule has 1 atom stereocenters. The van der Waals surface area contributed by atoms with Crippen LogP contribution in [0.3, 0.4) is 0 Å². The molecule has 1 heterocycles. The Morgan fingerprint density at radius 3 is 2.33 bits per heavy atom. The molecule has 18 heavy (non-hydrogen) atoms. The predicted molar refractivity (Wildman–Crippen MR) is 73.1 cm³/mol. The first kappa shape index (κ1) is 13.9. The normalized spacial score (nSPS) is 37.4. The highest BCUT2D eigenvalue weighted by molar-refractivity contribution is 5.04. The summed E-state index contributed by atoms with van der Waals surface area (Å²) in [6, 6.07) is 2.64. The Bertz CT molecular complexity index is 309. The maximum Gasteiger partial charge on any atom is 0.0690 e. The zero-order valence-corrected chi connectivity index (χ0v) is 12.2. The molecule has 0 aromatic carbocycles. The molecule has 2 rings (SSSR count). The van der Waals surface area contributed by atoms with Crippen molar-refractivity contribution in [1.29, 1.82) is 5.26 Å². The first-order valence-electron chi connectivity index (χ1n) is 7.48. The van der Waals surface area contributed by atoms with E-state index in [1.807, 2.05) is 0 Å². The van der Waals surface area contributed by atoms with Gasteiger partial charge in [-0.25, -0.2) is 0 Å². The molecular weight excluding hydrogens is 222 g/mol. The average molecular weight is 249 g/mol. The van der Waals surface area contributed by atoms with Gasteiger partial charge in [0.05, 0.1) is 17.6 Å². The number of ether oxygens (including phenoxy) is 1. The fourth-order valence-electron chi connectivity index (χ4n) is 3.64. The van der Waals surface area contributed by atoms with Crippen molar-refractivity contribution in [3.63, 3.8) is 0 Å². The molecule has 1 aliphatic heterocycles. The van der Waals surface area contributed by atoms with E-state index in [1.54, 1.807) is 0 Å². The minimum absolute atomic E-state index is 0.0866. The molecule has 0 bridgehead atoms. The Morgan fingerprint density at radius 2 is 1.89 bits per heavy atom. The van der Waals surface area contributed by atoms with Crippen molar-refractivity contribution >= 4 is 0 Å². The largest absolute Gasteiger partial charge is 0.378 e. The van der Waals surface area contributed by atoms with Gasteiger partial charge in [-0.2, -0.15) is 5.26 Å². The summed E-state index contributed by atoms with van der Waals surface area (Å²) in [7, 11) is 0. The first-order chi connectivity index (χ1) is 8.45. The molecule has 0 aromatic rings. The second-order valence-corrected chi connectivity index (χ2v) is 7.37. The van der Waals surface area contributed by atoms with Crippen molar-refractivity contribution in [1.82, 2.24) is 0 Å². The lowest BCUT2D eigenvalue weighted by atomic mass is 9.63. The van der Waals surface area contributed by atoms with Crippen LogP contribution in [0.1, 0.15) is 65.7 Å². The summed E-state index contributed by atoms with van der Waals surface area (Å²) in [4.78, 5) is 0.